The molecule has 4 heteroatoms. The van der Waals surface area contributed by atoms with Gasteiger partial charge in [-0.2, -0.15) is 5.10 Å². The van der Waals surface area contributed by atoms with Crippen LogP contribution < -0.4 is 0 Å². The lowest BCUT2D eigenvalue weighted by atomic mass is 10.6. The van der Waals surface area contributed by atoms with Crippen molar-refractivity contribution in [1.29, 1.82) is 0 Å². The Morgan fingerprint density at radius 3 is 3.36 bits per heavy atom. The Morgan fingerprint density at radius 2 is 2.45 bits per heavy atom. The van der Waals surface area contributed by atoms with Crippen LogP contribution >= 0.6 is 0 Å². The van der Waals surface area contributed by atoms with Crippen molar-refractivity contribution < 1.29 is 0 Å². The maximum atomic E-state index is 4.13. The highest BCUT2D eigenvalue weighted by molar-refractivity contribution is 5.77. The molecule has 1 aliphatic heterocycles. The Morgan fingerprint density at radius 1 is 1.55 bits per heavy atom. The quantitative estimate of drug-likeness (QED) is 0.541. The fraction of sp³-hybridized carbons (Fsp3) is 0.143. The van der Waals surface area contributed by atoms with E-state index in [0.717, 1.165) is 11.6 Å². The van der Waals surface area contributed by atoms with Gasteiger partial charge in [-0.3, -0.25) is 0 Å². The minimum Gasteiger partial charge on any atom is -0.219 e. The fourth-order valence-electron chi connectivity index (χ4n) is 0.889. The molecule has 0 fully saturated rings. The summed E-state index contributed by atoms with van der Waals surface area (Å²) in [7, 11) is 0. The lowest BCUT2D eigenvalue weighted by Gasteiger charge is -1.87. The van der Waals surface area contributed by atoms with E-state index in [0.29, 0.717) is 0 Å². The summed E-state index contributed by atoms with van der Waals surface area (Å²) in [6, 6.07) is 0. The van der Waals surface area contributed by atoms with Crippen molar-refractivity contribution in [2.45, 2.75) is 6.92 Å². The molecule has 11 heavy (non-hydrogen) atoms. The summed E-state index contributed by atoms with van der Waals surface area (Å²) in [4.78, 5) is 7.93. The molecule has 0 N–H and O–H groups in total. The zero-order chi connectivity index (χ0) is 7.68. The molecule has 0 amide bonds. The second-order valence-electron chi connectivity index (χ2n) is 2.16. The van der Waals surface area contributed by atoms with E-state index in [1.165, 1.54) is 0 Å². The molecule has 1 aliphatic rings. The summed E-state index contributed by atoms with van der Waals surface area (Å²) >= 11 is 0. The minimum absolute atomic E-state index is 0.754. The van der Waals surface area contributed by atoms with Gasteiger partial charge in [-0.15, -0.1) is 0 Å². The molecule has 0 atom stereocenters. The van der Waals surface area contributed by atoms with Crippen LogP contribution in [0.1, 0.15) is 11.6 Å². The molecular weight excluding hydrogens is 140 g/mol. The largest absolute Gasteiger partial charge is 0.219 e. The third-order valence-corrected chi connectivity index (χ3v) is 1.31. The van der Waals surface area contributed by atoms with E-state index < -0.39 is 0 Å². The topological polar surface area (TPSA) is 43.1 Å². The summed E-state index contributed by atoms with van der Waals surface area (Å²) in [5, 5.41) is 4.10. The molecule has 0 bridgehead atoms. The first-order valence-corrected chi connectivity index (χ1v) is 3.25. The molecule has 1 aromatic heterocycles. The lowest BCUT2D eigenvalue weighted by molar-refractivity contribution is 0.903. The molecule has 0 aromatic carbocycles. The Labute approximate surface area is 63.6 Å². The maximum absolute atomic E-state index is 4.13. The first-order chi connectivity index (χ1) is 5.36. The van der Waals surface area contributed by atoms with Crippen molar-refractivity contribution >= 4 is 18.1 Å². The van der Waals surface area contributed by atoms with Crippen molar-refractivity contribution in [2.24, 2.45) is 4.99 Å². The predicted molar refractivity (Wildman–Crippen MR) is 42.0 cm³/mol. The van der Waals surface area contributed by atoms with Crippen LogP contribution in [0.2, 0.25) is 0 Å². The molecule has 0 radical (unpaired) electrons. The highest BCUT2D eigenvalue weighted by atomic mass is 15.3. The summed E-state index contributed by atoms with van der Waals surface area (Å²) in [6.45, 7) is 1.85. The fourth-order valence-corrected chi connectivity index (χ4v) is 0.889. The smallest absolute Gasteiger partial charge is 0.164 e. The van der Waals surface area contributed by atoms with Crippen LogP contribution in [0.3, 0.4) is 0 Å². The van der Waals surface area contributed by atoms with Crippen molar-refractivity contribution in [3.05, 3.63) is 17.8 Å². The van der Waals surface area contributed by atoms with E-state index >= 15 is 0 Å². The normalized spacial score (nSPS) is 13.2. The average Bonchev–Trinajstić information content (AvgIpc) is 2.17. The third kappa shape index (κ3) is 0.993. The number of aliphatic imine (C=N–C) groups is 1. The molecule has 1 aromatic rings. The Bertz CT molecular complexity index is 366. The van der Waals surface area contributed by atoms with E-state index in [4.69, 9.17) is 0 Å². The molecule has 54 valence electrons. The molecule has 0 unspecified atom stereocenters. The Balaban J connectivity index is 2.66. The number of nitrogens with zero attached hydrogens (tertiary/aromatic N) is 4. The van der Waals surface area contributed by atoms with Gasteiger partial charge in [0.2, 0.25) is 0 Å². The average molecular weight is 146 g/mol. The van der Waals surface area contributed by atoms with Crippen LogP contribution in [0, 0.1) is 6.92 Å². The predicted octanol–water partition coefficient (Wildman–Crippen LogP) is 0.711. The van der Waals surface area contributed by atoms with Crippen LogP contribution in [0.4, 0.5) is 0 Å². The number of rotatable bonds is 0. The molecule has 4 nitrogen and oxygen atoms in total. The van der Waals surface area contributed by atoms with Gasteiger partial charge in [0.05, 0.1) is 12.4 Å². The lowest BCUT2D eigenvalue weighted by Crippen LogP contribution is -1.90. The summed E-state index contributed by atoms with van der Waals surface area (Å²) in [5.74, 6) is 4.22. The molecular formula is C7H6N4. The van der Waals surface area contributed by atoms with Crippen LogP contribution in [0.5, 0.6) is 0 Å². The van der Waals surface area contributed by atoms with Gasteiger partial charge in [-0.1, -0.05) is 0 Å². The highest BCUT2D eigenvalue weighted by Gasteiger charge is 2.01. The van der Waals surface area contributed by atoms with Gasteiger partial charge >= 0.3 is 0 Å². The SMILES string of the molecule is Cc1nc2n(n1)C=CN=C=C2. The van der Waals surface area contributed by atoms with Gasteiger partial charge in [0, 0.05) is 6.08 Å². The number of hydrogen-bond acceptors (Lipinski definition) is 3. The molecule has 0 saturated heterocycles. The van der Waals surface area contributed by atoms with E-state index in [2.05, 4.69) is 20.9 Å². The van der Waals surface area contributed by atoms with Crippen molar-refractivity contribution in [3.63, 3.8) is 0 Å². The molecule has 0 aliphatic carbocycles. The van der Waals surface area contributed by atoms with E-state index in [9.17, 15) is 0 Å². The first-order valence-electron chi connectivity index (χ1n) is 3.25. The van der Waals surface area contributed by atoms with Crippen molar-refractivity contribution in [3.8, 4) is 0 Å². The van der Waals surface area contributed by atoms with E-state index in [1.54, 1.807) is 23.2 Å². The van der Waals surface area contributed by atoms with Crippen molar-refractivity contribution in [1.82, 2.24) is 14.8 Å². The summed E-state index contributed by atoms with van der Waals surface area (Å²) in [6.07, 6.45) is 5.06. The number of aromatic nitrogens is 3. The highest BCUT2D eigenvalue weighted by Crippen LogP contribution is 2.01. The maximum Gasteiger partial charge on any atom is 0.164 e. The van der Waals surface area contributed by atoms with Crippen LogP contribution in [0.15, 0.2) is 11.2 Å². The minimum atomic E-state index is 0.754. The van der Waals surface area contributed by atoms with Crippen molar-refractivity contribution in [2.75, 3.05) is 0 Å². The number of hydrogen-bond donors (Lipinski definition) is 0. The molecule has 0 spiro atoms. The number of fused-ring (bicyclic) bond motifs is 1. The zero-order valence-electron chi connectivity index (χ0n) is 6.02. The van der Waals surface area contributed by atoms with Gasteiger partial charge in [-0.25, -0.2) is 14.7 Å². The van der Waals surface area contributed by atoms with Gasteiger partial charge in [0.15, 0.2) is 5.82 Å². The van der Waals surface area contributed by atoms with Crippen LogP contribution in [0.25, 0.3) is 12.3 Å². The van der Waals surface area contributed by atoms with E-state index in [-0.39, 0.29) is 0 Å². The summed E-state index contributed by atoms with van der Waals surface area (Å²) in [5.41, 5.74) is 0. The second-order valence-corrected chi connectivity index (χ2v) is 2.16. The molecule has 2 heterocycles. The standard InChI is InChI=1S/C7H6N4/c1-6-9-7-2-3-8-4-5-11(7)10-6/h2,4-5H,1H3. The molecule has 0 saturated carbocycles. The zero-order valence-corrected chi connectivity index (χ0v) is 6.02. The Kier molecular flexibility index (Phi) is 1.20. The monoisotopic (exact) mass is 146 g/mol. The van der Waals surface area contributed by atoms with Gasteiger partial charge in [-0.05, 0) is 12.8 Å². The van der Waals surface area contributed by atoms with Crippen LogP contribution in [-0.4, -0.2) is 20.6 Å². The molecule has 2 rings (SSSR count). The van der Waals surface area contributed by atoms with Crippen LogP contribution in [-0.2, 0) is 0 Å². The van der Waals surface area contributed by atoms with Gasteiger partial charge < -0.3 is 0 Å². The van der Waals surface area contributed by atoms with Gasteiger partial charge in [0.25, 0.3) is 0 Å². The third-order valence-electron chi connectivity index (χ3n) is 1.31. The van der Waals surface area contributed by atoms with Gasteiger partial charge in [0.1, 0.15) is 5.82 Å². The summed E-state index contributed by atoms with van der Waals surface area (Å²) < 4.78 is 1.67. The Hall–Kier alpha value is -1.67. The first kappa shape index (κ1) is 6.07. The second kappa shape index (κ2) is 2.18. The van der Waals surface area contributed by atoms with E-state index in [1.807, 2.05) is 6.92 Å². The number of aryl methyl sites for hydroxylation is 1.